The molecule has 1 fully saturated rings. The van der Waals surface area contributed by atoms with E-state index in [1.807, 2.05) is 12.1 Å². The molecule has 0 radical (unpaired) electrons. The number of benzene rings is 1. The van der Waals surface area contributed by atoms with Gasteiger partial charge < -0.3 is 10.1 Å². The zero-order chi connectivity index (χ0) is 10.0. The van der Waals surface area contributed by atoms with E-state index in [1.54, 1.807) is 0 Å². The first-order valence-corrected chi connectivity index (χ1v) is 5.14. The van der Waals surface area contributed by atoms with Crippen LogP contribution in [0.15, 0.2) is 24.3 Å². The molecule has 1 unspecified atom stereocenters. The van der Waals surface area contributed by atoms with Crippen molar-refractivity contribution >= 4 is 0 Å². The second kappa shape index (κ2) is 3.62. The van der Waals surface area contributed by atoms with Crippen molar-refractivity contribution in [2.45, 2.75) is 25.9 Å². The van der Waals surface area contributed by atoms with Crippen molar-refractivity contribution in [3.05, 3.63) is 29.8 Å². The number of ether oxygens (including phenoxy) is 1. The summed E-state index contributed by atoms with van der Waals surface area (Å²) in [7, 11) is 0. The molecule has 2 rings (SSSR count). The number of aryl methyl sites for hydroxylation is 1. The molecule has 1 atom stereocenters. The fraction of sp³-hybridized carbons (Fsp3) is 0.500. The summed E-state index contributed by atoms with van der Waals surface area (Å²) >= 11 is 0. The Labute approximate surface area is 85.3 Å². The van der Waals surface area contributed by atoms with Crippen LogP contribution in [0.2, 0.25) is 0 Å². The van der Waals surface area contributed by atoms with E-state index in [9.17, 15) is 0 Å². The molecule has 0 spiro atoms. The lowest BCUT2D eigenvalue weighted by atomic mass is 10.1. The number of rotatable bonds is 2. The molecular weight excluding hydrogens is 174 g/mol. The van der Waals surface area contributed by atoms with Crippen LogP contribution in [0, 0.1) is 6.92 Å². The first-order valence-electron chi connectivity index (χ1n) is 5.14. The Kier molecular flexibility index (Phi) is 2.46. The standard InChI is InChI=1S/C12H17NO/c1-10-4-3-5-11(8-10)14-12(2)6-7-13-9-12/h3-5,8,13H,6-7,9H2,1-2H3. The van der Waals surface area contributed by atoms with Gasteiger partial charge in [-0.05, 0) is 38.1 Å². The average molecular weight is 191 g/mol. The van der Waals surface area contributed by atoms with Crippen LogP contribution in [0.4, 0.5) is 0 Å². The quantitative estimate of drug-likeness (QED) is 0.773. The lowest BCUT2D eigenvalue weighted by molar-refractivity contribution is 0.111. The highest BCUT2D eigenvalue weighted by atomic mass is 16.5. The van der Waals surface area contributed by atoms with E-state index < -0.39 is 0 Å². The highest BCUT2D eigenvalue weighted by molar-refractivity contribution is 5.28. The largest absolute Gasteiger partial charge is 0.486 e. The second-order valence-electron chi connectivity index (χ2n) is 4.30. The van der Waals surface area contributed by atoms with Crippen LogP contribution in [-0.2, 0) is 0 Å². The summed E-state index contributed by atoms with van der Waals surface area (Å²) in [4.78, 5) is 0. The molecule has 0 aromatic heterocycles. The van der Waals surface area contributed by atoms with E-state index >= 15 is 0 Å². The van der Waals surface area contributed by atoms with E-state index in [1.165, 1.54) is 5.56 Å². The Morgan fingerprint density at radius 3 is 2.93 bits per heavy atom. The normalized spacial score (nSPS) is 26.4. The molecule has 0 bridgehead atoms. The Bertz CT molecular complexity index is 316. The van der Waals surface area contributed by atoms with Crippen LogP contribution in [0.1, 0.15) is 18.9 Å². The lowest BCUT2D eigenvalue weighted by Gasteiger charge is -2.24. The van der Waals surface area contributed by atoms with Crippen LogP contribution in [0.3, 0.4) is 0 Å². The maximum atomic E-state index is 5.98. The zero-order valence-corrected chi connectivity index (χ0v) is 8.84. The summed E-state index contributed by atoms with van der Waals surface area (Å²) in [6.45, 7) is 6.25. The van der Waals surface area contributed by atoms with Crippen LogP contribution >= 0.6 is 0 Å². The molecule has 1 aliphatic rings. The van der Waals surface area contributed by atoms with E-state index in [0.717, 1.165) is 25.3 Å². The molecule has 1 N–H and O–H groups in total. The molecule has 0 aliphatic carbocycles. The first-order chi connectivity index (χ1) is 6.68. The minimum atomic E-state index is -0.0200. The van der Waals surface area contributed by atoms with Crippen molar-refractivity contribution in [3.8, 4) is 5.75 Å². The molecule has 0 saturated carbocycles. The monoisotopic (exact) mass is 191 g/mol. The molecule has 76 valence electrons. The van der Waals surface area contributed by atoms with Crippen molar-refractivity contribution in [2.75, 3.05) is 13.1 Å². The SMILES string of the molecule is Cc1cccc(OC2(C)CCNC2)c1. The van der Waals surface area contributed by atoms with E-state index in [0.29, 0.717) is 0 Å². The Hall–Kier alpha value is -1.02. The first kappa shape index (κ1) is 9.53. The number of nitrogens with one attached hydrogen (secondary N) is 1. The molecule has 2 heteroatoms. The Balaban J connectivity index is 2.10. The number of hydrogen-bond donors (Lipinski definition) is 1. The Morgan fingerprint density at radius 1 is 1.43 bits per heavy atom. The topological polar surface area (TPSA) is 21.3 Å². The van der Waals surface area contributed by atoms with Gasteiger partial charge in [0.05, 0.1) is 0 Å². The van der Waals surface area contributed by atoms with Crippen molar-refractivity contribution in [1.29, 1.82) is 0 Å². The molecule has 14 heavy (non-hydrogen) atoms. The summed E-state index contributed by atoms with van der Waals surface area (Å²) in [5.41, 5.74) is 1.23. The molecular formula is C12H17NO. The van der Waals surface area contributed by atoms with Gasteiger partial charge in [0.2, 0.25) is 0 Å². The second-order valence-corrected chi connectivity index (χ2v) is 4.30. The molecule has 1 aromatic carbocycles. The summed E-state index contributed by atoms with van der Waals surface area (Å²) in [6, 6.07) is 8.23. The highest BCUT2D eigenvalue weighted by Gasteiger charge is 2.30. The van der Waals surface area contributed by atoms with Crippen molar-refractivity contribution in [1.82, 2.24) is 5.32 Å². The number of hydrogen-bond acceptors (Lipinski definition) is 2. The van der Waals surface area contributed by atoms with Crippen LogP contribution in [0.25, 0.3) is 0 Å². The summed E-state index contributed by atoms with van der Waals surface area (Å²) in [5.74, 6) is 0.983. The third-order valence-corrected chi connectivity index (χ3v) is 2.68. The van der Waals surface area contributed by atoms with Gasteiger partial charge in [0.15, 0.2) is 0 Å². The fourth-order valence-electron chi connectivity index (χ4n) is 1.84. The maximum absolute atomic E-state index is 5.98. The average Bonchev–Trinajstić information content (AvgIpc) is 2.51. The molecule has 2 nitrogen and oxygen atoms in total. The van der Waals surface area contributed by atoms with Gasteiger partial charge in [-0.3, -0.25) is 0 Å². The van der Waals surface area contributed by atoms with E-state index in [4.69, 9.17) is 4.74 Å². The van der Waals surface area contributed by atoms with Gasteiger partial charge in [0, 0.05) is 13.0 Å². The maximum Gasteiger partial charge on any atom is 0.120 e. The van der Waals surface area contributed by atoms with Gasteiger partial charge in [0.1, 0.15) is 11.4 Å². The van der Waals surface area contributed by atoms with Gasteiger partial charge in [-0.2, -0.15) is 0 Å². The highest BCUT2D eigenvalue weighted by Crippen LogP contribution is 2.23. The predicted molar refractivity (Wildman–Crippen MR) is 57.7 cm³/mol. The summed E-state index contributed by atoms with van der Waals surface area (Å²) in [6.07, 6.45) is 1.08. The van der Waals surface area contributed by atoms with Gasteiger partial charge in [0.25, 0.3) is 0 Å². The van der Waals surface area contributed by atoms with Crippen molar-refractivity contribution in [2.24, 2.45) is 0 Å². The van der Waals surface area contributed by atoms with Crippen molar-refractivity contribution in [3.63, 3.8) is 0 Å². The van der Waals surface area contributed by atoms with E-state index in [2.05, 4.69) is 31.3 Å². The summed E-state index contributed by atoms with van der Waals surface area (Å²) in [5, 5.41) is 3.32. The predicted octanol–water partition coefficient (Wildman–Crippen LogP) is 2.13. The summed E-state index contributed by atoms with van der Waals surface area (Å²) < 4.78 is 5.98. The smallest absolute Gasteiger partial charge is 0.120 e. The van der Waals surface area contributed by atoms with Crippen LogP contribution in [-0.4, -0.2) is 18.7 Å². The molecule has 1 aliphatic heterocycles. The van der Waals surface area contributed by atoms with Crippen LogP contribution < -0.4 is 10.1 Å². The molecule has 0 amide bonds. The Morgan fingerprint density at radius 2 is 2.29 bits per heavy atom. The van der Waals surface area contributed by atoms with Crippen molar-refractivity contribution < 1.29 is 4.74 Å². The third kappa shape index (κ3) is 2.07. The molecule has 1 heterocycles. The van der Waals surface area contributed by atoms with Gasteiger partial charge >= 0.3 is 0 Å². The zero-order valence-electron chi connectivity index (χ0n) is 8.84. The third-order valence-electron chi connectivity index (χ3n) is 2.68. The fourth-order valence-corrected chi connectivity index (χ4v) is 1.84. The minimum absolute atomic E-state index is 0.0200. The molecule has 1 saturated heterocycles. The van der Waals surface area contributed by atoms with Gasteiger partial charge in [-0.25, -0.2) is 0 Å². The van der Waals surface area contributed by atoms with Gasteiger partial charge in [-0.15, -0.1) is 0 Å². The lowest BCUT2D eigenvalue weighted by Crippen LogP contribution is -2.34. The van der Waals surface area contributed by atoms with Gasteiger partial charge in [-0.1, -0.05) is 12.1 Å². The van der Waals surface area contributed by atoms with E-state index in [-0.39, 0.29) is 5.60 Å². The molecule has 1 aromatic rings. The van der Waals surface area contributed by atoms with Crippen LogP contribution in [0.5, 0.6) is 5.75 Å². The minimum Gasteiger partial charge on any atom is -0.486 e.